The van der Waals surface area contributed by atoms with Crippen LogP contribution in [0.5, 0.6) is 5.75 Å². The number of hydrogen-bond donors (Lipinski definition) is 3. The van der Waals surface area contributed by atoms with E-state index in [1.165, 1.54) is 5.56 Å². The van der Waals surface area contributed by atoms with Gasteiger partial charge in [0.05, 0.1) is 6.10 Å². The Hall–Kier alpha value is -2.58. The van der Waals surface area contributed by atoms with Crippen molar-refractivity contribution in [3.05, 3.63) is 53.5 Å². The minimum absolute atomic E-state index is 0.168. The van der Waals surface area contributed by atoms with Crippen LogP contribution in [0.3, 0.4) is 0 Å². The predicted octanol–water partition coefficient (Wildman–Crippen LogP) is 2.71. The van der Waals surface area contributed by atoms with E-state index in [1.807, 2.05) is 24.3 Å². The van der Waals surface area contributed by atoms with Crippen molar-refractivity contribution in [2.24, 2.45) is 0 Å². The molecule has 1 fully saturated rings. The maximum Gasteiger partial charge on any atom is 0.305 e. The Kier molecular flexibility index (Phi) is 7.27. The molecule has 28 heavy (non-hydrogen) atoms. The monoisotopic (exact) mass is 403 g/mol. The second-order valence-corrected chi connectivity index (χ2v) is 6.88. The highest BCUT2D eigenvalue weighted by Gasteiger charge is 2.16. The van der Waals surface area contributed by atoms with Crippen molar-refractivity contribution in [3.63, 3.8) is 0 Å². The van der Waals surface area contributed by atoms with Crippen LogP contribution in [0.2, 0.25) is 0 Å². The Morgan fingerprint density at radius 2 is 2.04 bits per heavy atom. The summed E-state index contributed by atoms with van der Waals surface area (Å²) in [4.78, 5) is 12.1. The zero-order valence-electron chi connectivity index (χ0n) is 15.8. The molecule has 1 saturated heterocycles. The summed E-state index contributed by atoms with van der Waals surface area (Å²) in [7, 11) is 0. The molecule has 2 aromatic rings. The quantitative estimate of drug-likeness (QED) is 0.484. The average Bonchev–Trinajstić information content (AvgIpc) is 3.41. The molecule has 3 N–H and O–H groups in total. The fourth-order valence-electron chi connectivity index (χ4n) is 2.78. The Bertz CT molecular complexity index is 785. The second-order valence-electron chi connectivity index (χ2n) is 6.48. The number of hydrazine groups is 1. The first kappa shape index (κ1) is 20.2. The molecule has 0 radical (unpaired) electrons. The van der Waals surface area contributed by atoms with Crippen LogP contribution >= 0.6 is 12.2 Å². The molecule has 3 rings (SSSR count). The third-order valence-corrected chi connectivity index (χ3v) is 4.65. The summed E-state index contributed by atoms with van der Waals surface area (Å²) >= 11 is 5.13. The minimum atomic E-state index is -0.417. The number of amides is 1. The lowest BCUT2D eigenvalue weighted by atomic mass is 10.2. The van der Waals surface area contributed by atoms with Gasteiger partial charge < -0.3 is 19.2 Å². The number of benzene rings is 1. The number of nitrogens with one attached hydrogen (secondary N) is 3. The van der Waals surface area contributed by atoms with Crippen molar-refractivity contribution in [1.82, 2.24) is 16.2 Å². The van der Waals surface area contributed by atoms with Gasteiger partial charge >= 0.3 is 5.91 Å². The molecule has 1 aromatic heterocycles. The van der Waals surface area contributed by atoms with Crippen LogP contribution < -0.4 is 20.9 Å². The van der Waals surface area contributed by atoms with E-state index in [9.17, 15) is 4.79 Å². The van der Waals surface area contributed by atoms with Crippen molar-refractivity contribution < 1.29 is 18.7 Å². The molecular formula is C20H25N3O4S. The third-order valence-electron chi connectivity index (χ3n) is 4.40. The summed E-state index contributed by atoms with van der Waals surface area (Å²) in [6, 6.07) is 11.2. The normalized spacial score (nSPS) is 15.8. The predicted molar refractivity (Wildman–Crippen MR) is 109 cm³/mol. The van der Waals surface area contributed by atoms with E-state index < -0.39 is 5.91 Å². The van der Waals surface area contributed by atoms with Crippen LogP contribution in [0.4, 0.5) is 0 Å². The number of carbonyl (C=O) groups is 1. The zero-order valence-corrected chi connectivity index (χ0v) is 16.6. The van der Waals surface area contributed by atoms with Gasteiger partial charge in [-0.05, 0) is 61.3 Å². The largest absolute Gasteiger partial charge is 0.486 e. The molecular weight excluding hydrogens is 378 g/mol. The van der Waals surface area contributed by atoms with E-state index >= 15 is 0 Å². The van der Waals surface area contributed by atoms with Crippen molar-refractivity contribution in [2.75, 3.05) is 13.2 Å². The molecule has 0 saturated carbocycles. The summed E-state index contributed by atoms with van der Waals surface area (Å²) in [6.07, 6.45) is 3.24. The Morgan fingerprint density at radius 3 is 2.75 bits per heavy atom. The van der Waals surface area contributed by atoms with Crippen LogP contribution in [0.15, 0.2) is 40.8 Å². The molecule has 1 atom stereocenters. The van der Waals surface area contributed by atoms with Gasteiger partial charge in [-0.3, -0.25) is 15.6 Å². The number of hydrogen-bond acceptors (Lipinski definition) is 5. The van der Waals surface area contributed by atoms with E-state index in [0.717, 1.165) is 31.6 Å². The van der Waals surface area contributed by atoms with E-state index in [1.54, 1.807) is 12.1 Å². The molecule has 0 aliphatic carbocycles. The number of ether oxygens (including phenoxy) is 2. The first-order valence-electron chi connectivity index (χ1n) is 9.40. The van der Waals surface area contributed by atoms with Gasteiger partial charge in [0, 0.05) is 13.2 Å². The highest BCUT2D eigenvalue weighted by atomic mass is 32.1. The summed E-state index contributed by atoms with van der Waals surface area (Å²) in [6.45, 7) is 3.75. The van der Waals surface area contributed by atoms with Gasteiger partial charge in [-0.2, -0.15) is 0 Å². The Labute approximate surface area is 169 Å². The van der Waals surface area contributed by atoms with Crippen LogP contribution in [0.25, 0.3) is 0 Å². The van der Waals surface area contributed by atoms with E-state index in [4.69, 9.17) is 26.1 Å². The van der Waals surface area contributed by atoms with Gasteiger partial charge in [0.15, 0.2) is 10.9 Å². The summed E-state index contributed by atoms with van der Waals surface area (Å²) in [5.74, 6) is 1.07. The zero-order chi connectivity index (χ0) is 19.8. The van der Waals surface area contributed by atoms with E-state index in [2.05, 4.69) is 23.1 Å². The third kappa shape index (κ3) is 5.97. The van der Waals surface area contributed by atoms with Crippen LogP contribution in [0, 0.1) is 0 Å². The molecule has 0 unspecified atom stereocenters. The maximum atomic E-state index is 12.1. The Balaban J connectivity index is 1.39. The number of aryl methyl sites for hydroxylation is 1. The van der Waals surface area contributed by atoms with Crippen molar-refractivity contribution in [3.8, 4) is 5.75 Å². The minimum Gasteiger partial charge on any atom is -0.486 e. The molecule has 0 bridgehead atoms. The van der Waals surface area contributed by atoms with Gasteiger partial charge in [-0.1, -0.05) is 19.1 Å². The first-order valence-corrected chi connectivity index (χ1v) is 9.81. The molecule has 1 aromatic carbocycles. The second kappa shape index (κ2) is 10.1. The van der Waals surface area contributed by atoms with Gasteiger partial charge in [-0.25, -0.2) is 0 Å². The molecule has 1 aliphatic heterocycles. The topological polar surface area (TPSA) is 84.8 Å². The van der Waals surface area contributed by atoms with Gasteiger partial charge in [0.1, 0.15) is 18.1 Å². The number of carbonyl (C=O) groups excluding carboxylic acids is 1. The van der Waals surface area contributed by atoms with Crippen LogP contribution in [0.1, 0.15) is 41.6 Å². The highest BCUT2D eigenvalue weighted by molar-refractivity contribution is 7.80. The highest BCUT2D eigenvalue weighted by Crippen LogP contribution is 2.16. The molecule has 1 aliphatic rings. The van der Waals surface area contributed by atoms with Gasteiger partial charge in [0.2, 0.25) is 0 Å². The lowest BCUT2D eigenvalue weighted by Crippen LogP contribution is -2.48. The molecule has 150 valence electrons. The van der Waals surface area contributed by atoms with Gasteiger partial charge in [0.25, 0.3) is 0 Å². The summed E-state index contributed by atoms with van der Waals surface area (Å²) in [5, 5.41) is 3.34. The van der Waals surface area contributed by atoms with Crippen LogP contribution in [-0.2, 0) is 17.8 Å². The van der Waals surface area contributed by atoms with E-state index in [-0.39, 0.29) is 18.5 Å². The smallest absolute Gasteiger partial charge is 0.305 e. The molecule has 7 nitrogen and oxygen atoms in total. The first-order chi connectivity index (χ1) is 13.6. The lowest BCUT2D eigenvalue weighted by Gasteiger charge is -2.14. The van der Waals surface area contributed by atoms with Crippen molar-refractivity contribution in [1.29, 1.82) is 0 Å². The van der Waals surface area contributed by atoms with Crippen LogP contribution in [-0.4, -0.2) is 30.3 Å². The van der Waals surface area contributed by atoms with E-state index in [0.29, 0.717) is 17.4 Å². The molecule has 1 amide bonds. The maximum absolute atomic E-state index is 12.1. The summed E-state index contributed by atoms with van der Waals surface area (Å²) < 4.78 is 16.7. The number of thiocarbonyl (C=S) groups is 1. The van der Waals surface area contributed by atoms with Gasteiger partial charge in [-0.15, -0.1) is 0 Å². The number of rotatable bonds is 7. The standard InChI is InChI=1S/C20H25N3O4S/c1-2-14-5-7-15(8-6-14)26-13-17-9-10-18(27-17)19(24)22-23-20(28)21-12-16-4-3-11-25-16/h5-10,16H,2-4,11-13H2,1H3,(H,22,24)(H2,21,23,28)/t16-/m1/s1. The Morgan fingerprint density at radius 1 is 1.21 bits per heavy atom. The number of furan rings is 1. The summed E-state index contributed by atoms with van der Waals surface area (Å²) in [5.41, 5.74) is 6.41. The molecule has 2 heterocycles. The van der Waals surface area contributed by atoms with Crippen molar-refractivity contribution in [2.45, 2.75) is 38.9 Å². The molecule has 8 heteroatoms. The fraction of sp³-hybridized carbons (Fsp3) is 0.400. The molecule has 0 spiro atoms. The lowest BCUT2D eigenvalue weighted by molar-refractivity contribution is 0.0911. The van der Waals surface area contributed by atoms with Crippen molar-refractivity contribution >= 4 is 23.2 Å². The fourth-order valence-corrected chi connectivity index (χ4v) is 2.92. The average molecular weight is 404 g/mol. The SMILES string of the molecule is CCc1ccc(OCc2ccc(C(=O)NNC(=S)NC[C@H]3CCCO3)o2)cc1.